The van der Waals surface area contributed by atoms with E-state index in [1.54, 1.807) is 11.8 Å². The highest BCUT2D eigenvalue weighted by Crippen LogP contribution is 2.26. The lowest BCUT2D eigenvalue weighted by Gasteiger charge is -2.02. The number of hydrogen-bond donors (Lipinski definition) is 1. The molecular formula is C7H10N4OS. The topological polar surface area (TPSA) is 59.8 Å². The third-order valence-electron chi connectivity index (χ3n) is 1.84. The van der Waals surface area contributed by atoms with Gasteiger partial charge < -0.3 is 0 Å². The average molecular weight is 198 g/mol. The molecule has 1 aromatic heterocycles. The Morgan fingerprint density at radius 3 is 3.31 bits per heavy atom. The Hall–Kier alpha value is -1.04. The minimum atomic E-state index is -0.0212. The largest absolute Gasteiger partial charge is 0.295 e. The molecule has 0 aromatic carbocycles. The van der Waals surface area contributed by atoms with E-state index in [-0.39, 0.29) is 5.91 Å². The van der Waals surface area contributed by atoms with Gasteiger partial charge in [-0.2, -0.15) is 0 Å². The molecule has 0 bridgehead atoms. The standard InChI is InChI=1S/C7H10N4OS/c1-2-5(12)8-6-9-10-7-11(6)3-4-13-7/h2-4H2,1H3,(H,8,9,12). The maximum absolute atomic E-state index is 11.1. The molecule has 1 N–H and O–H groups in total. The lowest BCUT2D eigenvalue weighted by Crippen LogP contribution is -2.14. The Morgan fingerprint density at radius 2 is 2.54 bits per heavy atom. The predicted octanol–water partition coefficient (Wildman–Crippen LogP) is 0.732. The summed E-state index contributed by atoms with van der Waals surface area (Å²) in [6, 6.07) is 0. The molecule has 5 nitrogen and oxygen atoms in total. The maximum Gasteiger partial charge on any atom is 0.231 e. The van der Waals surface area contributed by atoms with Gasteiger partial charge in [0.15, 0.2) is 5.16 Å². The van der Waals surface area contributed by atoms with E-state index in [0.29, 0.717) is 12.4 Å². The number of hydrogen-bond acceptors (Lipinski definition) is 4. The normalized spacial score (nSPS) is 14.2. The molecule has 0 saturated heterocycles. The Balaban J connectivity index is 2.17. The van der Waals surface area contributed by atoms with Crippen LogP contribution in [0.2, 0.25) is 0 Å². The van der Waals surface area contributed by atoms with Gasteiger partial charge >= 0.3 is 0 Å². The van der Waals surface area contributed by atoms with Crippen LogP contribution in [0.15, 0.2) is 5.16 Å². The minimum absolute atomic E-state index is 0.0212. The van der Waals surface area contributed by atoms with Crippen molar-refractivity contribution in [3.05, 3.63) is 0 Å². The Kier molecular flexibility index (Phi) is 2.22. The lowest BCUT2D eigenvalue weighted by molar-refractivity contribution is -0.115. The first-order valence-corrected chi connectivity index (χ1v) is 5.15. The fraction of sp³-hybridized carbons (Fsp3) is 0.571. The summed E-state index contributed by atoms with van der Waals surface area (Å²) in [5, 5.41) is 11.4. The quantitative estimate of drug-likeness (QED) is 0.761. The van der Waals surface area contributed by atoms with Crippen LogP contribution < -0.4 is 5.32 Å². The van der Waals surface area contributed by atoms with Crippen molar-refractivity contribution in [2.75, 3.05) is 11.1 Å². The third kappa shape index (κ3) is 1.53. The van der Waals surface area contributed by atoms with Crippen molar-refractivity contribution in [3.8, 4) is 0 Å². The molecule has 0 spiro atoms. The number of amides is 1. The van der Waals surface area contributed by atoms with E-state index in [4.69, 9.17) is 0 Å². The summed E-state index contributed by atoms with van der Waals surface area (Å²) in [5.74, 6) is 1.57. The van der Waals surface area contributed by atoms with Gasteiger partial charge in [0.2, 0.25) is 11.9 Å². The van der Waals surface area contributed by atoms with E-state index in [1.165, 1.54) is 0 Å². The third-order valence-corrected chi connectivity index (χ3v) is 2.78. The van der Waals surface area contributed by atoms with Crippen molar-refractivity contribution in [1.82, 2.24) is 14.8 Å². The summed E-state index contributed by atoms with van der Waals surface area (Å²) in [6.45, 7) is 2.69. The van der Waals surface area contributed by atoms with Gasteiger partial charge in [0.05, 0.1) is 0 Å². The fourth-order valence-corrected chi connectivity index (χ4v) is 2.02. The van der Waals surface area contributed by atoms with Gasteiger partial charge in [-0.15, -0.1) is 10.2 Å². The molecule has 0 saturated carbocycles. The summed E-state index contributed by atoms with van der Waals surface area (Å²) in [6.07, 6.45) is 0.468. The summed E-state index contributed by atoms with van der Waals surface area (Å²) in [5.41, 5.74) is 0. The number of nitrogens with zero attached hydrogens (tertiary/aromatic N) is 3. The highest BCUT2D eigenvalue weighted by atomic mass is 32.2. The van der Waals surface area contributed by atoms with Crippen molar-refractivity contribution in [3.63, 3.8) is 0 Å². The van der Waals surface area contributed by atoms with Gasteiger partial charge in [0.1, 0.15) is 0 Å². The number of carbonyl (C=O) groups is 1. The molecule has 0 atom stereocenters. The maximum atomic E-state index is 11.1. The highest BCUT2D eigenvalue weighted by molar-refractivity contribution is 7.99. The highest BCUT2D eigenvalue weighted by Gasteiger charge is 2.18. The Morgan fingerprint density at radius 1 is 1.69 bits per heavy atom. The van der Waals surface area contributed by atoms with E-state index < -0.39 is 0 Å². The summed E-state index contributed by atoms with van der Waals surface area (Å²) >= 11 is 1.66. The first-order valence-electron chi connectivity index (χ1n) is 4.17. The van der Waals surface area contributed by atoms with Crippen molar-refractivity contribution in [2.24, 2.45) is 0 Å². The molecule has 0 aliphatic carbocycles. The molecule has 2 rings (SSSR count). The van der Waals surface area contributed by atoms with E-state index in [2.05, 4.69) is 15.5 Å². The molecule has 1 aromatic rings. The van der Waals surface area contributed by atoms with Crippen LogP contribution in [0.4, 0.5) is 5.95 Å². The van der Waals surface area contributed by atoms with Gasteiger partial charge in [-0.05, 0) is 0 Å². The molecular weight excluding hydrogens is 188 g/mol. The van der Waals surface area contributed by atoms with Crippen LogP contribution in [-0.2, 0) is 11.3 Å². The number of nitrogens with one attached hydrogen (secondary N) is 1. The number of thioether (sulfide) groups is 1. The van der Waals surface area contributed by atoms with Crippen LogP contribution in [0.3, 0.4) is 0 Å². The van der Waals surface area contributed by atoms with E-state index in [9.17, 15) is 4.79 Å². The average Bonchev–Trinajstić information content (AvgIpc) is 2.69. The first kappa shape index (κ1) is 8.55. The van der Waals surface area contributed by atoms with Crippen LogP contribution in [0, 0.1) is 0 Å². The van der Waals surface area contributed by atoms with E-state index in [0.717, 1.165) is 17.5 Å². The second kappa shape index (κ2) is 3.37. The van der Waals surface area contributed by atoms with Crippen LogP contribution in [0.25, 0.3) is 0 Å². The zero-order valence-electron chi connectivity index (χ0n) is 7.28. The molecule has 1 aliphatic rings. The molecule has 6 heteroatoms. The molecule has 13 heavy (non-hydrogen) atoms. The smallest absolute Gasteiger partial charge is 0.231 e. The molecule has 70 valence electrons. The second-order valence-corrected chi connectivity index (χ2v) is 3.77. The molecule has 0 unspecified atom stereocenters. The number of aromatic nitrogens is 3. The second-order valence-electron chi connectivity index (χ2n) is 2.71. The molecule has 1 amide bonds. The van der Waals surface area contributed by atoms with Crippen LogP contribution >= 0.6 is 11.8 Å². The van der Waals surface area contributed by atoms with Crippen molar-refractivity contribution in [1.29, 1.82) is 0 Å². The first-order chi connectivity index (χ1) is 6.31. The SMILES string of the molecule is CCC(=O)Nc1nnc2n1CCS2. The van der Waals surface area contributed by atoms with Gasteiger partial charge in [-0.3, -0.25) is 14.7 Å². The van der Waals surface area contributed by atoms with Crippen molar-refractivity contribution < 1.29 is 4.79 Å². The lowest BCUT2D eigenvalue weighted by atomic mass is 10.5. The van der Waals surface area contributed by atoms with Crippen LogP contribution in [-0.4, -0.2) is 26.4 Å². The molecule has 1 aliphatic heterocycles. The zero-order valence-corrected chi connectivity index (χ0v) is 8.10. The van der Waals surface area contributed by atoms with Crippen LogP contribution in [0.5, 0.6) is 0 Å². The Bertz CT molecular complexity index is 335. The number of rotatable bonds is 2. The van der Waals surface area contributed by atoms with E-state index >= 15 is 0 Å². The minimum Gasteiger partial charge on any atom is -0.295 e. The molecule has 0 fully saturated rings. The van der Waals surface area contributed by atoms with E-state index in [1.807, 2.05) is 11.5 Å². The summed E-state index contributed by atoms with van der Waals surface area (Å²) < 4.78 is 1.93. The van der Waals surface area contributed by atoms with Gasteiger partial charge in [0.25, 0.3) is 0 Å². The van der Waals surface area contributed by atoms with Gasteiger partial charge in [0, 0.05) is 18.7 Å². The number of fused-ring (bicyclic) bond motifs is 1. The molecule has 2 heterocycles. The predicted molar refractivity (Wildman–Crippen MR) is 49.7 cm³/mol. The van der Waals surface area contributed by atoms with Crippen molar-refractivity contribution >= 4 is 23.6 Å². The molecule has 0 radical (unpaired) electrons. The number of anilines is 1. The van der Waals surface area contributed by atoms with Gasteiger partial charge in [-0.1, -0.05) is 18.7 Å². The zero-order chi connectivity index (χ0) is 9.26. The number of carbonyl (C=O) groups excluding carboxylic acids is 1. The summed E-state index contributed by atoms with van der Waals surface area (Å²) in [4.78, 5) is 11.1. The van der Waals surface area contributed by atoms with Crippen LogP contribution in [0.1, 0.15) is 13.3 Å². The van der Waals surface area contributed by atoms with Gasteiger partial charge in [-0.25, -0.2) is 0 Å². The summed E-state index contributed by atoms with van der Waals surface area (Å²) in [7, 11) is 0. The monoisotopic (exact) mass is 198 g/mol. The van der Waals surface area contributed by atoms with Crippen molar-refractivity contribution in [2.45, 2.75) is 25.0 Å². The fourth-order valence-electron chi connectivity index (χ4n) is 1.13. The Labute approximate surface area is 79.9 Å².